The van der Waals surface area contributed by atoms with Crippen LogP contribution in [0.2, 0.25) is 0 Å². The van der Waals surface area contributed by atoms with Crippen molar-refractivity contribution in [2.75, 3.05) is 37.2 Å². The number of ether oxygens (including phenoxy) is 1. The Morgan fingerprint density at radius 3 is 2.28 bits per heavy atom. The maximum absolute atomic E-state index is 6.35. The van der Waals surface area contributed by atoms with Gasteiger partial charge in [-0.3, -0.25) is 9.55 Å². The second-order valence-electron chi connectivity index (χ2n) is 10.2. The molecule has 2 aromatic heterocycles. The van der Waals surface area contributed by atoms with Gasteiger partial charge in [-0.25, -0.2) is 0 Å². The third kappa shape index (κ3) is 3.94. The van der Waals surface area contributed by atoms with Crippen molar-refractivity contribution in [3.05, 3.63) is 109 Å². The van der Waals surface area contributed by atoms with Gasteiger partial charge in [-0.05, 0) is 49.4 Å². The van der Waals surface area contributed by atoms with Gasteiger partial charge < -0.3 is 24.3 Å². The summed E-state index contributed by atoms with van der Waals surface area (Å²) < 4.78 is 8.68. The van der Waals surface area contributed by atoms with Gasteiger partial charge in [0.1, 0.15) is 17.3 Å². The Balaban J connectivity index is 1.23. The summed E-state index contributed by atoms with van der Waals surface area (Å²) in [5.41, 5.74) is 6.66. The molecule has 0 saturated carbocycles. The van der Waals surface area contributed by atoms with Gasteiger partial charge in [-0.15, -0.1) is 0 Å². The lowest BCUT2D eigenvalue weighted by atomic mass is 10.2. The number of rotatable bonds is 5. The second kappa shape index (κ2) is 9.13. The minimum absolute atomic E-state index is 0.739. The molecular formula is C32H30N6O. The molecule has 0 amide bonds. The van der Waals surface area contributed by atoms with Crippen LogP contribution >= 0.6 is 0 Å². The molecule has 2 aliphatic rings. The second-order valence-corrected chi connectivity index (χ2v) is 10.2. The number of para-hydroxylation sites is 1. The largest absolute Gasteiger partial charge is 0.457 e. The van der Waals surface area contributed by atoms with Crippen molar-refractivity contribution >= 4 is 39.1 Å². The first-order valence-electron chi connectivity index (χ1n) is 13.1. The molecule has 0 aliphatic carbocycles. The lowest BCUT2D eigenvalue weighted by Crippen LogP contribution is -2.24. The van der Waals surface area contributed by atoms with E-state index in [-0.39, 0.29) is 0 Å². The van der Waals surface area contributed by atoms with Crippen LogP contribution in [0.1, 0.15) is 6.92 Å². The fraction of sp³-hybridized carbons (Fsp3) is 0.156. The Labute approximate surface area is 228 Å². The fourth-order valence-electron chi connectivity index (χ4n) is 5.67. The van der Waals surface area contributed by atoms with Crippen molar-refractivity contribution in [2.24, 2.45) is 0 Å². The molecule has 7 nitrogen and oxygen atoms in total. The van der Waals surface area contributed by atoms with Crippen LogP contribution < -0.4 is 14.5 Å². The van der Waals surface area contributed by atoms with Crippen molar-refractivity contribution < 1.29 is 4.74 Å². The first-order valence-corrected chi connectivity index (χ1v) is 13.1. The maximum atomic E-state index is 6.35. The number of hydrogen-bond donors (Lipinski definition) is 0. The average Bonchev–Trinajstić information content (AvgIpc) is 3.62. The van der Waals surface area contributed by atoms with E-state index < -0.39 is 0 Å². The summed E-state index contributed by atoms with van der Waals surface area (Å²) in [7, 11) is 4.21. The molecule has 0 N–H and O–H groups in total. The zero-order chi connectivity index (χ0) is 26.5. The van der Waals surface area contributed by atoms with Crippen LogP contribution in [0.3, 0.4) is 0 Å². The van der Waals surface area contributed by atoms with Gasteiger partial charge in [0.25, 0.3) is 0 Å². The van der Waals surface area contributed by atoms with Crippen molar-refractivity contribution in [1.29, 1.82) is 0 Å². The molecule has 4 heterocycles. The number of pyridine rings is 1. The fourth-order valence-corrected chi connectivity index (χ4v) is 5.67. The molecule has 0 spiro atoms. The highest BCUT2D eigenvalue weighted by Crippen LogP contribution is 2.38. The van der Waals surface area contributed by atoms with Crippen molar-refractivity contribution in [1.82, 2.24) is 19.4 Å². The molecule has 0 saturated heterocycles. The van der Waals surface area contributed by atoms with Gasteiger partial charge in [0.2, 0.25) is 0 Å². The number of hydrogen-bond acceptors (Lipinski definition) is 6. The maximum Gasteiger partial charge on any atom is 0.134 e. The molecule has 0 atom stereocenters. The quantitative estimate of drug-likeness (QED) is 0.259. The van der Waals surface area contributed by atoms with Crippen molar-refractivity contribution in [3.63, 3.8) is 0 Å². The van der Waals surface area contributed by atoms with Gasteiger partial charge in [-0.2, -0.15) is 0 Å². The highest BCUT2D eigenvalue weighted by molar-refractivity contribution is 6.08. The summed E-state index contributed by atoms with van der Waals surface area (Å²) in [4.78, 5) is 13.7. The van der Waals surface area contributed by atoms with E-state index in [9.17, 15) is 0 Å². The molecule has 3 aromatic carbocycles. The van der Waals surface area contributed by atoms with Gasteiger partial charge >= 0.3 is 0 Å². The molecule has 194 valence electrons. The summed E-state index contributed by atoms with van der Waals surface area (Å²) in [6.07, 6.45) is 6.03. The molecule has 0 bridgehead atoms. The number of fused-ring (bicyclic) bond motifs is 3. The van der Waals surface area contributed by atoms with Gasteiger partial charge in [-0.1, -0.05) is 30.3 Å². The lowest BCUT2D eigenvalue weighted by molar-refractivity contribution is 0.479. The van der Waals surface area contributed by atoms with E-state index in [0.29, 0.717) is 0 Å². The SMILES string of the molecule is CC1=C(n2c3ccccc3c3ncccc32)N(C)CN1c1cccc(Oc2cccc(N3C=CN(C)C3)c2)c1. The Bertz CT molecular complexity index is 1720. The van der Waals surface area contributed by atoms with Gasteiger partial charge in [0.15, 0.2) is 0 Å². The minimum atomic E-state index is 0.739. The van der Waals surface area contributed by atoms with Crippen LogP contribution in [-0.2, 0) is 0 Å². The molecular weight excluding hydrogens is 484 g/mol. The van der Waals surface area contributed by atoms with Crippen LogP contribution in [0.4, 0.5) is 11.4 Å². The Morgan fingerprint density at radius 1 is 0.744 bits per heavy atom. The highest BCUT2D eigenvalue weighted by atomic mass is 16.5. The third-order valence-electron chi connectivity index (χ3n) is 7.47. The molecule has 5 aromatic rings. The Morgan fingerprint density at radius 2 is 1.49 bits per heavy atom. The van der Waals surface area contributed by atoms with Gasteiger partial charge in [0.05, 0.1) is 35.6 Å². The number of allylic oxidation sites excluding steroid dienone is 1. The predicted molar refractivity (Wildman–Crippen MR) is 158 cm³/mol. The first-order chi connectivity index (χ1) is 19.1. The van der Waals surface area contributed by atoms with E-state index in [2.05, 4.69) is 118 Å². The first kappa shape index (κ1) is 23.2. The summed E-state index contributed by atoms with van der Waals surface area (Å²) in [5.74, 6) is 2.78. The van der Waals surface area contributed by atoms with Gasteiger partial charge in [0, 0.05) is 61.6 Å². The average molecular weight is 515 g/mol. The topological polar surface area (TPSA) is 40.0 Å². The molecule has 0 fully saturated rings. The van der Waals surface area contributed by atoms with Crippen LogP contribution in [0.15, 0.2) is 109 Å². The zero-order valence-electron chi connectivity index (χ0n) is 22.3. The van der Waals surface area contributed by atoms with Crippen LogP contribution in [-0.4, -0.2) is 46.8 Å². The molecule has 7 rings (SSSR count). The monoisotopic (exact) mass is 514 g/mol. The van der Waals surface area contributed by atoms with Crippen LogP contribution in [0.25, 0.3) is 27.8 Å². The van der Waals surface area contributed by atoms with Crippen LogP contribution in [0, 0.1) is 0 Å². The van der Waals surface area contributed by atoms with E-state index in [4.69, 9.17) is 9.72 Å². The summed E-state index contributed by atoms with van der Waals surface area (Å²) >= 11 is 0. The summed E-state index contributed by atoms with van der Waals surface area (Å²) in [6.45, 7) is 3.76. The van der Waals surface area contributed by atoms with E-state index in [1.807, 2.05) is 30.5 Å². The standard InChI is InChI=1S/C32H30N6O/c1-23-32(38-29-14-5-4-13-28(29)31-30(38)15-8-16-33-31)35(3)22-37(23)25-10-7-12-27(20-25)39-26-11-6-9-24(19-26)36-18-17-34(2)21-36/h4-20H,21-22H2,1-3H3. The number of benzene rings is 3. The van der Waals surface area contributed by atoms with Crippen molar-refractivity contribution in [2.45, 2.75) is 6.92 Å². The zero-order valence-corrected chi connectivity index (χ0v) is 22.3. The van der Waals surface area contributed by atoms with Crippen LogP contribution in [0.5, 0.6) is 11.5 Å². The van der Waals surface area contributed by atoms with E-state index in [1.54, 1.807) is 0 Å². The van der Waals surface area contributed by atoms with E-state index in [0.717, 1.165) is 64.0 Å². The molecule has 7 heteroatoms. The smallest absolute Gasteiger partial charge is 0.134 e. The Kier molecular flexibility index (Phi) is 5.44. The molecule has 0 radical (unpaired) electrons. The molecule has 0 unspecified atom stereocenters. The number of nitrogens with zero attached hydrogens (tertiary/aromatic N) is 6. The van der Waals surface area contributed by atoms with Crippen molar-refractivity contribution in [3.8, 4) is 11.5 Å². The van der Waals surface area contributed by atoms with E-state index in [1.165, 1.54) is 5.70 Å². The minimum Gasteiger partial charge on any atom is -0.457 e. The van der Waals surface area contributed by atoms with E-state index >= 15 is 0 Å². The summed E-state index contributed by atoms with van der Waals surface area (Å²) in [5, 5.41) is 1.16. The number of aromatic nitrogens is 2. The normalized spacial score (nSPS) is 15.5. The Hall–Kier alpha value is -4.91. The number of anilines is 2. The highest BCUT2D eigenvalue weighted by Gasteiger charge is 2.29. The molecule has 2 aliphatic heterocycles. The summed E-state index contributed by atoms with van der Waals surface area (Å²) in [6, 6.07) is 29.2. The molecule has 39 heavy (non-hydrogen) atoms. The lowest BCUT2D eigenvalue weighted by Gasteiger charge is -2.22. The predicted octanol–water partition coefficient (Wildman–Crippen LogP) is 6.72. The third-order valence-corrected chi connectivity index (χ3v) is 7.47.